The van der Waals surface area contributed by atoms with Crippen LogP contribution >= 0.6 is 11.8 Å². The average molecular weight is 233 g/mol. The van der Waals surface area contributed by atoms with E-state index in [1.54, 1.807) is 18.9 Å². The summed E-state index contributed by atoms with van der Waals surface area (Å²) in [6.07, 6.45) is 0. The largest absolute Gasteiger partial charge is 0.315 e. The number of hydrogen-bond acceptors (Lipinski definition) is 3. The number of anilines is 1. The first-order valence-corrected chi connectivity index (χ1v) is 5.81. The molecule has 83 valence electrons. The Bertz CT molecular complexity index is 386. The van der Waals surface area contributed by atoms with Crippen LogP contribution in [0.5, 0.6) is 0 Å². The van der Waals surface area contributed by atoms with Crippen LogP contribution < -0.4 is 4.90 Å². The number of carbonyl (C=O) groups is 1. The highest BCUT2D eigenvalue weighted by Gasteiger charge is 2.19. The minimum absolute atomic E-state index is 0.0473. The summed E-state index contributed by atoms with van der Waals surface area (Å²) in [5.41, 5.74) is 0.855. The molecule has 1 aromatic carbocycles. The van der Waals surface area contributed by atoms with Crippen molar-refractivity contribution in [3.05, 3.63) is 36.2 Å². The molecule has 3 nitrogen and oxygen atoms in total. The van der Waals surface area contributed by atoms with Crippen molar-refractivity contribution >= 4 is 23.4 Å². The molecule has 0 saturated heterocycles. The molecule has 0 aliphatic rings. The summed E-state index contributed by atoms with van der Waals surface area (Å²) < 4.78 is 0. The highest BCUT2D eigenvalue weighted by molar-refractivity contribution is 8.03. The number of benzene rings is 1. The number of hydrogen-bond donors (Lipinski definition) is 0. The van der Waals surface area contributed by atoms with Gasteiger partial charge in [-0.05, 0) is 30.8 Å². The zero-order valence-corrected chi connectivity index (χ0v) is 10.1. The third-order valence-electron chi connectivity index (χ3n) is 2.17. The van der Waals surface area contributed by atoms with Gasteiger partial charge in [-0.3, -0.25) is 4.79 Å². The highest BCUT2D eigenvalue weighted by Crippen LogP contribution is 2.17. The van der Waals surface area contributed by atoms with E-state index in [0.29, 0.717) is 11.7 Å². The van der Waals surface area contributed by atoms with Crippen LogP contribution in [0.25, 0.3) is 0 Å². The smallest absolute Gasteiger partial charge is 0.234 e. The Labute approximate surface area is 100 Å². The summed E-state index contributed by atoms with van der Waals surface area (Å²) >= 11 is 1.08. The first kappa shape index (κ1) is 12.6. The zero-order valence-electron chi connectivity index (χ0n) is 9.30. The summed E-state index contributed by atoms with van der Waals surface area (Å²) in [4.78, 5) is 13.5. The van der Waals surface area contributed by atoms with E-state index in [1.165, 1.54) is 0 Å². The SMILES string of the molecule is C[C](CSC#N)C(=O)N(C)c1ccccc1. The fraction of sp³-hybridized carbons (Fsp3) is 0.250. The Kier molecular flexibility index (Phi) is 4.87. The van der Waals surface area contributed by atoms with Gasteiger partial charge in [0.15, 0.2) is 0 Å². The van der Waals surface area contributed by atoms with Gasteiger partial charge in [-0.2, -0.15) is 5.26 Å². The third-order valence-corrected chi connectivity index (χ3v) is 2.87. The van der Waals surface area contributed by atoms with Crippen LogP contribution in [-0.4, -0.2) is 18.7 Å². The molecule has 1 amide bonds. The van der Waals surface area contributed by atoms with Gasteiger partial charge in [0.1, 0.15) is 5.40 Å². The lowest BCUT2D eigenvalue weighted by Gasteiger charge is -2.20. The number of nitriles is 1. The number of thioether (sulfide) groups is 1. The van der Waals surface area contributed by atoms with E-state index >= 15 is 0 Å². The zero-order chi connectivity index (χ0) is 12.0. The van der Waals surface area contributed by atoms with Crippen LogP contribution in [0.4, 0.5) is 5.69 Å². The van der Waals surface area contributed by atoms with Crippen LogP contribution in [-0.2, 0) is 4.79 Å². The molecule has 0 heterocycles. The molecule has 0 atom stereocenters. The monoisotopic (exact) mass is 233 g/mol. The quantitative estimate of drug-likeness (QED) is 0.750. The van der Waals surface area contributed by atoms with Gasteiger partial charge in [-0.15, -0.1) is 0 Å². The number of nitrogens with zero attached hydrogens (tertiary/aromatic N) is 2. The van der Waals surface area contributed by atoms with E-state index in [-0.39, 0.29) is 5.91 Å². The Morgan fingerprint density at radius 2 is 2.06 bits per heavy atom. The number of thiocyanates is 1. The van der Waals surface area contributed by atoms with Crippen LogP contribution in [0.3, 0.4) is 0 Å². The van der Waals surface area contributed by atoms with Crippen LogP contribution in [0.2, 0.25) is 0 Å². The summed E-state index contributed by atoms with van der Waals surface area (Å²) in [5.74, 6) is 1.08. The third kappa shape index (κ3) is 3.28. The van der Waals surface area contributed by atoms with E-state index in [4.69, 9.17) is 5.26 Å². The second-order valence-electron chi connectivity index (χ2n) is 3.36. The molecule has 1 aromatic rings. The molecule has 0 spiro atoms. The molecule has 0 aliphatic carbocycles. The van der Waals surface area contributed by atoms with Crippen molar-refractivity contribution in [2.45, 2.75) is 6.92 Å². The minimum atomic E-state index is -0.0473. The Morgan fingerprint density at radius 3 is 2.62 bits per heavy atom. The fourth-order valence-corrected chi connectivity index (χ4v) is 1.66. The van der Waals surface area contributed by atoms with E-state index in [2.05, 4.69) is 0 Å². The second kappa shape index (κ2) is 6.19. The van der Waals surface area contributed by atoms with Crippen LogP contribution in [0, 0.1) is 16.6 Å². The fourth-order valence-electron chi connectivity index (χ4n) is 1.26. The molecule has 1 rings (SSSR count). The van der Waals surface area contributed by atoms with Gasteiger partial charge >= 0.3 is 0 Å². The molecule has 0 aromatic heterocycles. The maximum atomic E-state index is 11.9. The first-order valence-electron chi connectivity index (χ1n) is 4.83. The molecule has 0 aliphatic heterocycles. The molecule has 16 heavy (non-hydrogen) atoms. The van der Waals surface area contributed by atoms with Crippen molar-refractivity contribution in [3.8, 4) is 5.40 Å². The molecule has 0 fully saturated rings. The highest BCUT2D eigenvalue weighted by atomic mass is 32.2. The lowest BCUT2D eigenvalue weighted by Crippen LogP contribution is -2.31. The van der Waals surface area contributed by atoms with E-state index in [9.17, 15) is 4.79 Å². The van der Waals surface area contributed by atoms with Crippen molar-refractivity contribution in [2.24, 2.45) is 0 Å². The van der Waals surface area contributed by atoms with E-state index in [0.717, 1.165) is 17.4 Å². The van der Waals surface area contributed by atoms with Gasteiger partial charge in [-0.1, -0.05) is 18.2 Å². The number of amides is 1. The Balaban J connectivity index is 2.64. The van der Waals surface area contributed by atoms with Gasteiger partial charge in [0, 0.05) is 18.5 Å². The molecule has 0 N–H and O–H groups in total. The predicted molar refractivity (Wildman–Crippen MR) is 66.8 cm³/mol. The van der Waals surface area contributed by atoms with Crippen LogP contribution in [0.1, 0.15) is 6.92 Å². The Hall–Kier alpha value is -1.47. The summed E-state index contributed by atoms with van der Waals surface area (Å²) in [6, 6.07) is 9.44. The Morgan fingerprint density at radius 1 is 1.44 bits per heavy atom. The molecular weight excluding hydrogens is 220 g/mol. The normalized spacial score (nSPS) is 9.88. The molecular formula is C12H13N2OS. The minimum Gasteiger partial charge on any atom is -0.315 e. The number of para-hydroxylation sites is 1. The average Bonchev–Trinajstić information content (AvgIpc) is 2.35. The van der Waals surface area contributed by atoms with Gasteiger partial charge in [0.2, 0.25) is 5.91 Å². The van der Waals surface area contributed by atoms with Gasteiger partial charge < -0.3 is 4.90 Å². The number of carbonyl (C=O) groups excluding carboxylic acids is 1. The number of rotatable bonds is 4. The topological polar surface area (TPSA) is 44.1 Å². The molecule has 0 saturated carbocycles. The summed E-state index contributed by atoms with van der Waals surface area (Å²) in [7, 11) is 1.73. The molecule has 0 unspecified atom stereocenters. The molecule has 1 radical (unpaired) electrons. The lowest BCUT2D eigenvalue weighted by molar-refractivity contribution is -0.116. The van der Waals surface area contributed by atoms with Crippen molar-refractivity contribution in [3.63, 3.8) is 0 Å². The van der Waals surface area contributed by atoms with E-state index in [1.807, 2.05) is 35.7 Å². The van der Waals surface area contributed by atoms with Gasteiger partial charge in [0.05, 0.1) is 5.92 Å². The first-order chi connectivity index (χ1) is 7.66. The summed E-state index contributed by atoms with van der Waals surface area (Å²) in [5, 5.41) is 10.4. The van der Waals surface area contributed by atoms with Crippen molar-refractivity contribution in [1.82, 2.24) is 0 Å². The maximum Gasteiger partial charge on any atom is 0.234 e. The molecule has 0 bridgehead atoms. The molecule has 4 heteroatoms. The lowest BCUT2D eigenvalue weighted by atomic mass is 10.2. The standard InChI is InChI=1S/C12H13N2OS/c1-10(8-16-9-13)12(15)14(2)11-6-4-3-5-7-11/h3-7H,8H2,1-2H3. The van der Waals surface area contributed by atoms with Crippen LogP contribution in [0.15, 0.2) is 30.3 Å². The maximum absolute atomic E-state index is 11.9. The van der Waals surface area contributed by atoms with E-state index < -0.39 is 0 Å². The van der Waals surface area contributed by atoms with Crippen molar-refractivity contribution < 1.29 is 4.79 Å². The second-order valence-corrected chi connectivity index (χ2v) is 4.12. The van der Waals surface area contributed by atoms with Gasteiger partial charge in [-0.25, -0.2) is 0 Å². The summed E-state index contributed by atoms with van der Waals surface area (Å²) in [6.45, 7) is 1.76. The van der Waals surface area contributed by atoms with Crippen molar-refractivity contribution in [2.75, 3.05) is 17.7 Å². The predicted octanol–water partition coefficient (Wildman–Crippen LogP) is 2.46. The van der Waals surface area contributed by atoms with Gasteiger partial charge in [0.25, 0.3) is 0 Å². The van der Waals surface area contributed by atoms with Crippen molar-refractivity contribution in [1.29, 1.82) is 5.26 Å².